The highest BCUT2D eigenvalue weighted by molar-refractivity contribution is 9.10. The zero-order chi connectivity index (χ0) is 14.9. The molecule has 1 atom stereocenters. The molecule has 0 aliphatic heterocycles. The first-order chi connectivity index (χ1) is 9.45. The predicted molar refractivity (Wildman–Crippen MR) is 83.9 cm³/mol. The first kappa shape index (κ1) is 15.2. The van der Waals surface area contributed by atoms with Gasteiger partial charge in [0.2, 0.25) is 0 Å². The van der Waals surface area contributed by atoms with E-state index in [4.69, 9.17) is 5.84 Å². The maximum atomic E-state index is 14.4. The highest BCUT2D eigenvalue weighted by Gasteiger charge is 2.21. The lowest BCUT2D eigenvalue weighted by Gasteiger charge is -2.22. The molecule has 0 saturated carbocycles. The molecule has 0 bridgehead atoms. The van der Waals surface area contributed by atoms with Gasteiger partial charge in [0.05, 0.1) is 6.04 Å². The van der Waals surface area contributed by atoms with Crippen molar-refractivity contribution in [2.75, 3.05) is 0 Å². The lowest BCUT2D eigenvalue weighted by Crippen LogP contribution is -2.30. The molecule has 2 aromatic rings. The fraction of sp³-hybridized carbons (Fsp3) is 0.250. The summed E-state index contributed by atoms with van der Waals surface area (Å²) in [6, 6.07) is 9.01. The number of rotatable bonds is 3. The molecule has 2 aromatic carbocycles. The normalized spacial score (nSPS) is 12.5. The van der Waals surface area contributed by atoms with Crippen LogP contribution in [0, 0.1) is 26.6 Å². The predicted octanol–water partition coefficient (Wildman–Crippen LogP) is 4.07. The van der Waals surface area contributed by atoms with E-state index in [0.717, 1.165) is 26.7 Å². The minimum absolute atomic E-state index is 0.237. The molecule has 0 fully saturated rings. The smallest absolute Gasteiger partial charge is 0.128 e. The number of hydrogen-bond donors (Lipinski definition) is 2. The van der Waals surface area contributed by atoms with Crippen molar-refractivity contribution in [3.8, 4) is 0 Å². The second-order valence-electron chi connectivity index (χ2n) is 5.06. The summed E-state index contributed by atoms with van der Waals surface area (Å²) in [5.41, 5.74) is 7.13. The largest absolute Gasteiger partial charge is 0.271 e. The fourth-order valence-corrected chi connectivity index (χ4v) is 3.01. The SMILES string of the molecule is Cc1cc(C)c(C(NN)c2cccc(C)c2Br)c(F)c1. The third-order valence-electron chi connectivity index (χ3n) is 3.47. The van der Waals surface area contributed by atoms with E-state index in [1.54, 1.807) is 0 Å². The Hall–Kier alpha value is -1.23. The summed E-state index contributed by atoms with van der Waals surface area (Å²) in [5.74, 6) is 5.46. The van der Waals surface area contributed by atoms with Crippen LogP contribution in [0.25, 0.3) is 0 Å². The molecule has 0 spiro atoms. The van der Waals surface area contributed by atoms with Gasteiger partial charge in [0.1, 0.15) is 5.82 Å². The first-order valence-electron chi connectivity index (χ1n) is 6.43. The number of nitrogens with one attached hydrogen (secondary N) is 1. The van der Waals surface area contributed by atoms with Crippen LogP contribution in [0.15, 0.2) is 34.8 Å². The maximum Gasteiger partial charge on any atom is 0.128 e. The zero-order valence-corrected chi connectivity index (χ0v) is 13.4. The molecule has 0 saturated heterocycles. The number of nitrogens with two attached hydrogens (primary N) is 1. The molecule has 1 unspecified atom stereocenters. The van der Waals surface area contributed by atoms with Gasteiger partial charge in [0.25, 0.3) is 0 Å². The van der Waals surface area contributed by atoms with Crippen LogP contribution in [-0.4, -0.2) is 0 Å². The molecular formula is C16H18BrFN2. The van der Waals surface area contributed by atoms with Crippen molar-refractivity contribution in [3.05, 3.63) is 68.4 Å². The molecule has 0 radical (unpaired) electrons. The quantitative estimate of drug-likeness (QED) is 0.655. The van der Waals surface area contributed by atoms with Crippen LogP contribution in [0.2, 0.25) is 0 Å². The van der Waals surface area contributed by atoms with Crippen LogP contribution in [0.3, 0.4) is 0 Å². The van der Waals surface area contributed by atoms with Crippen LogP contribution in [0.1, 0.15) is 33.9 Å². The van der Waals surface area contributed by atoms with Crippen LogP contribution in [-0.2, 0) is 0 Å². The van der Waals surface area contributed by atoms with E-state index in [1.165, 1.54) is 6.07 Å². The van der Waals surface area contributed by atoms with E-state index in [2.05, 4.69) is 21.4 Å². The summed E-state index contributed by atoms with van der Waals surface area (Å²) < 4.78 is 15.3. The Morgan fingerprint density at radius 1 is 1.15 bits per heavy atom. The topological polar surface area (TPSA) is 38.0 Å². The number of aryl methyl sites for hydroxylation is 3. The van der Waals surface area contributed by atoms with Gasteiger partial charge in [-0.15, -0.1) is 0 Å². The molecule has 106 valence electrons. The van der Waals surface area contributed by atoms with Gasteiger partial charge in [-0.1, -0.05) is 40.2 Å². The van der Waals surface area contributed by atoms with Gasteiger partial charge >= 0.3 is 0 Å². The molecule has 3 N–H and O–H groups in total. The third-order valence-corrected chi connectivity index (χ3v) is 4.55. The second-order valence-corrected chi connectivity index (χ2v) is 5.85. The van der Waals surface area contributed by atoms with E-state index in [9.17, 15) is 4.39 Å². The van der Waals surface area contributed by atoms with Crippen LogP contribution < -0.4 is 11.3 Å². The Kier molecular flexibility index (Phi) is 4.58. The van der Waals surface area contributed by atoms with Crippen molar-refractivity contribution >= 4 is 15.9 Å². The molecule has 0 aliphatic rings. The van der Waals surface area contributed by atoms with Gasteiger partial charge in [-0.2, -0.15) is 0 Å². The molecule has 0 aromatic heterocycles. The summed E-state index contributed by atoms with van der Waals surface area (Å²) in [4.78, 5) is 0. The summed E-state index contributed by atoms with van der Waals surface area (Å²) in [5, 5.41) is 0. The summed E-state index contributed by atoms with van der Waals surface area (Å²) in [6.07, 6.45) is 0. The average Bonchev–Trinajstić information content (AvgIpc) is 2.37. The Morgan fingerprint density at radius 2 is 1.85 bits per heavy atom. The molecule has 0 heterocycles. The van der Waals surface area contributed by atoms with Gasteiger partial charge in [0.15, 0.2) is 0 Å². The zero-order valence-electron chi connectivity index (χ0n) is 11.8. The Balaban J connectivity index is 2.62. The lowest BCUT2D eigenvalue weighted by atomic mass is 9.93. The molecule has 20 heavy (non-hydrogen) atoms. The molecule has 4 heteroatoms. The summed E-state index contributed by atoms with van der Waals surface area (Å²) in [6.45, 7) is 5.78. The van der Waals surface area contributed by atoms with Crippen molar-refractivity contribution in [1.82, 2.24) is 5.43 Å². The van der Waals surface area contributed by atoms with E-state index in [0.29, 0.717) is 5.56 Å². The molecule has 0 amide bonds. The highest BCUT2D eigenvalue weighted by Crippen LogP contribution is 2.33. The summed E-state index contributed by atoms with van der Waals surface area (Å²) >= 11 is 3.56. The van der Waals surface area contributed by atoms with Crippen molar-refractivity contribution in [1.29, 1.82) is 0 Å². The van der Waals surface area contributed by atoms with Crippen molar-refractivity contribution in [2.45, 2.75) is 26.8 Å². The van der Waals surface area contributed by atoms with Crippen LogP contribution in [0.4, 0.5) is 4.39 Å². The van der Waals surface area contributed by atoms with Crippen molar-refractivity contribution < 1.29 is 4.39 Å². The highest BCUT2D eigenvalue weighted by atomic mass is 79.9. The molecule has 2 nitrogen and oxygen atoms in total. The van der Waals surface area contributed by atoms with Crippen LogP contribution >= 0.6 is 15.9 Å². The minimum Gasteiger partial charge on any atom is -0.271 e. The number of hydrogen-bond acceptors (Lipinski definition) is 2. The lowest BCUT2D eigenvalue weighted by molar-refractivity contribution is 0.555. The Morgan fingerprint density at radius 3 is 2.45 bits per heavy atom. The monoisotopic (exact) mass is 336 g/mol. The fourth-order valence-electron chi connectivity index (χ4n) is 2.51. The number of halogens is 2. The summed E-state index contributed by atoms with van der Waals surface area (Å²) in [7, 11) is 0. The first-order valence-corrected chi connectivity index (χ1v) is 7.22. The average molecular weight is 337 g/mol. The van der Waals surface area contributed by atoms with Crippen molar-refractivity contribution in [3.63, 3.8) is 0 Å². The van der Waals surface area contributed by atoms with E-state index in [1.807, 2.05) is 45.0 Å². The minimum atomic E-state index is -0.384. The Labute approximate surface area is 127 Å². The van der Waals surface area contributed by atoms with Crippen LogP contribution in [0.5, 0.6) is 0 Å². The van der Waals surface area contributed by atoms with Gasteiger partial charge in [-0.3, -0.25) is 5.84 Å². The second kappa shape index (κ2) is 6.04. The van der Waals surface area contributed by atoms with E-state index in [-0.39, 0.29) is 11.9 Å². The van der Waals surface area contributed by atoms with E-state index >= 15 is 0 Å². The number of hydrazine groups is 1. The van der Waals surface area contributed by atoms with Gasteiger partial charge in [-0.05, 0) is 49.1 Å². The van der Waals surface area contributed by atoms with Crippen molar-refractivity contribution in [2.24, 2.45) is 5.84 Å². The maximum absolute atomic E-state index is 14.4. The third kappa shape index (κ3) is 2.77. The van der Waals surface area contributed by atoms with Gasteiger partial charge < -0.3 is 0 Å². The Bertz CT molecular complexity index is 617. The van der Waals surface area contributed by atoms with Gasteiger partial charge in [0, 0.05) is 10.0 Å². The molecule has 2 rings (SSSR count). The van der Waals surface area contributed by atoms with Gasteiger partial charge in [-0.25, -0.2) is 9.82 Å². The number of benzene rings is 2. The molecular weight excluding hydrogens is 319 g/mol. The standard InChI is InChI=1S/C16H18BrFN2/c1-9-7-11(3)14(13(18)8-9)16(20-19)12-6-4-5-10(2)15(12)17/h4-8,16,20H,19H2,1-3H3. The van der Waals surface area contributed by atoms with E-state index < -0.39 is 0 Å². The molecule has 0 aliphatic carbocycles.